The first-order valence-corrected chi connectivity index (χ1v) is 6.07. The Hall–Kier alpha value is -1.51. The third-order valence-corrected chi connectivity index (χ3v) is 3.64. The van der Waals surface area contributed by atoms with E-state index in [9.17, 15) is 9.90 Å². The van der Waals surface area contributed by atoms with E-state index in [-0.39, 0.29) is 0 Å². The minimum absolute atomic E-state index is 0.628. The third kappa shape index (κ3) is 1.90. The Balaban J connectivity index is 2.36. The summed E-state index contributed by atoms with van der Waals surface area (Å²) in [4.78, 5) is 11.4. The second-order valence-electron chi connectivity index (χ2n) is 4.65. The Labute approximate surface area is 101 Å². The molecule has 0 spiro atoms. The van der Waals surface area contributed by atoms with Crippen molar-refractivity contribution >= 4 is 5.97 Å². The zero-order valence-electron chi connectivity index (χ0n) is 10.3. The number of ether oxygens (including phenoxy) is 1. The fourth-order valence-electron chi connectivity index (χ4n) is 2.56. The molecule has 1 aromatic rings. The van der Waals surface area contributed by atoms with Crippen molar-refractivity contribution in [1.29, 1.82) is 0 Å². The SMILES string of the molecule is CCOc1ccc(C2(C(=O)O)CCC2)c(C)c1. The predicted octanol–water partition coefficient (Wildman–Crippen LogP) is 2.90. The Morgan fingerprint density at radius 2 is 2.18 bits per heavy atom. The molecule has 3 nitrogen and oxygen atoms in total. The van der Waals surface area contributed by atoms with Crippen LogP contribution in [0.3, 0.4) is 0 Å². The summed E-state index contributed by atoms with van der Waals surface area (Å²) in [6.07, 6.45) is 2.49. The molecule has 1 fully saturated rings. The molecule has 0 saturated heterocycles. The first kappa shape index (κ1) is 12.0. The lowest BCUT2D eigenvalue weighted by Gasteiger charge is -2.39. The van der Waals surface area contributed by atoms with Crippen molar-refractivity contribution in [3.8, 4) is 5.75 Å². The van der Waals surface area contributed by atoms with Gasteiger partial charge in [0.1, 0.15) is 5.75 Å². The number of aliphatic carboxylic acids is 1. The quantitative estimate of drug-likeness (QED) is 0.871. The van der Waals surface area contributed by atoms with Gasteiger partial charge in [-0.25, -0.2) is 0 Å². The van der Waals surface area contributed by atoms with Crippen LogP contribution in [0.15, 0.2) is 18.2 Å². The summed E-state index contributed by atoms with van der Waals surface area (Å²) in [5.41, 5.74) is 1.31. The van der Waals surface area contributed by atoms with Crippen LogP contribution in [-0.2, 0) is 10.2 Å². The first-order valence-electron chi connectivity index (χ1n) is 6.07. The van der Waals surface area contributed by atoms with Gasteiger partial charge >= 0.3 is 5.97 Å². The summed E-state index contributed by atoms with van der Waals surface area (Å²) in [6, 6.07) is 5.71. The third-order valence-electron chi connectivity index (χ3n) is 3.64. The molecule has 1 saturated carbocycles. The standard InChI is InChI=1S/C14H18O3/c1-3-17-11-5-6-12(10(2)9-11)14(13(15)16)7-4-8-14/h5-6,9H,3-4,7-8H2,1-2H3,(H,15,16). The summed E-state index contributed by atoms with van der Waals surface area (Å²) in [7, 11) is 0. The van der Waals surface area contributed by atoms with E-state index in [4.69, 9.17) is 4.74 Å². The van der Waals surface area contributed by atoms with Crippen LogP contribution in [0.5, 0.6) is 5.75 Å². The minimum Gasteiger partial charge on any atom is -0.494 e. The maximum Gasteiger partial charge on any atom is 0.314 e. The van der Waals surface area contributed by atoms with Gasteiger partial charge in [0.15, 0.2) is 0 Å². The summed E-state index contributed by atoms with van der Waals surface area (Å²) in [5, 5.41) is 9.40. The Morgan fingerprint density at radius 1 is 1.47 bits per heavy atom. The molecule has 0 aromatic heterocycles. The molecule has 92 valence electrons. The van der Waals surface area contributed by atoms with Crippen molar-refractivity contribution in [1.82, 2.24) is 0 Å². The molecule has 3 heteroatoms. The van der Waals surface area contributed by atoms with E-state index >= 15 is 0 Å². The lowest BCUT2D eigenvalue weighted by Crippen LogP contribution is -2.42. The molecule has 0 bridgehead atoms. The van der Waals surface area contributed by atoms with E-state index in [0.717, 1.165) is 36.1 Å². The number of aryl methyl sites for hydroxylation is 1. The number of rotatable bonds is 4. The van der Waals surface area contributed by atoms with Gasteiger partial charge in [-0.1, -0.05) is 12.5 Å². The largest absolute Gasteiger partial charge is 0.494 e. The van der Waals surface area contributed by atoms with E-state index < -0.39 is 11.4 Å². The average molecular weight is 234 g/mol. The van der Waals surface area contributed by atoms with Gasteiger partial charge in [0, 0.05) is 0 Å². The van der Waals surface area contributed by atoms with Crippen LogP contribution in [0, 0.1) is 6.92 Å². The molecule has 0 heterocycles. The lowest BCUT2D eigenvalue weighted by molar-refractivity contribution is -0.147. The highest BCUT2D eigenvalue weighted by Crippen LogP contribution is 2.45. The first-order chi connectivity index (χ1) is 8.10. The number of carboxylic acid groups (broad SMARTS) is 1. The van der Waals surface area contributed by atoms with Crippen LogP contribution in [0.25, 0.3) is 0 Å². The van der Waals surface area contributed by atoms with Gasteiger partial charge in [-0.15, -0.1) is 0 Å². The highest BCUT2D eigenvalue weighted by Gasteiger charge is 2.46. The summed E-state index contributed by atoms with van der Waals surface area (Å²) in [6.45, 7) is 4.53. The van der Waals surface area contributed by atoms with Crippen LogP contribution in [-0.4, -0.2) is 17.7 Å². The number of carbonyl (C=O) groups is 1. The molecule has 0 unspecified atom stereocenters. The van der Waals surface area contributed by atoms with Gasteiger partial charge in [0.25, 0.3) is 0 Å². The predicted molar refractivity (Wildman–Crippen MR) is 65.5 cm³/mol. The Morgan fingerprint density at radius 3 is 2.59 bits per heavy atom. The second kappa shape index (κ2) is 4.40. The van der Waals surface area contributed by atoms with E-state index in [1.54, 1.807) is 0 Å². The number of hydrogen-bond acceptors (Lipinski definition) is 2. The van der Waals surface area contributed by atoms with Gasteiger partial charge in [-0.3, -0.25) is 4.79 Å². The molecule has 0 amide bonds. The van der Waals surface area contributed by atoms with E-state index in [2.05, 4.69) is 0 Å². The van der Waals surface area contributed by atoms with Crippen LogP contribution in [0.1, 0.15) is 37.3 Å². The van der Waals surface area contributed by atoms with Crippen molar-refractivity contribution in [2.75, 3.05) is 6.61 Å². The lowest BCUT2D eigenvalue weighted by atomic mass is 9.63. The molecular weight excluding hydrogens is 216 g/mol. The highest BCUT2D eigenvalue weighted by atomic mass is 16.5. The molecule has 0 aliphatic heterocycles. The summed E-state index contributed by atoms with van der Waals surface area (Å²) >= 11 is 0. The normalized spacial score (nSPS) is 17.3. The van der Waals surface area contributed by atoms with E-state index in [1.165, 1.54) is 0 Å². The van der Waals surface area contributed by atoms with E-state index in [0.29, 0.717) is 6.61 Å². The molecule has 0 atom stereocenters. The van der Waals surface area contributed by atoms with Crippen LogP contribution in [0.2, 0.25) is 0 Å². The molecule has 2 rings (SSSR count). The Bertz CT molecular complexity index is 433. The van der Waals surface area contributed by atoms with Crippen molar-refractivity contribution in [2.45, 2.75) is 38.5 Å². The highest BCUT2D eigenvalue weighted by molar-refractivity contribution is 5.83. The topological polar surface area (TPSA) is 46.5 Å². The fraction of sp³-hybridized carbons (Fsp3) is 0.500. The number of carboxylic acids is 1. The molecule has 1 aromatic carbocycles. The Kier molecular flexibility index (Phi) is 3.09. The number of hydrogen-bond donors (Lipinski definition) is 1. The molecule has 17 heavy (non-hydrogen) atoms. The van der Waals surface area contributed by atoms with Crippen LogP contribution < -0.4 is 4.74 Å². The smallest absolute Gasteiger partial charge is 0.314 e. The monoisotopic (exact) mass is 234 g/mol. The summed E-state index contributed by atoms with van der Waals surface area (Å²) in [5.74, 6) is 0.115. The van der Waals surface area contributed by atoms with Gasteiger partial charge < -0.3 is 9.84 Å². The molecule has 0 radical (unpaired) electrons. The van der Waals surface area contributed by atoms with Gasteiger partial charge in [0.05, 0.1) is 12.0 Å². The zero-order chi connectivity index (χ0) is 12.5. The van der Waals surface area contributed by atoms with Crippen molar-refractivity contribution in [3.05, 3.63) is 29.3 Å². The van der Waals surface area contributed by atoms with Crippen LogP contribution in [0.4, 0.5) is 0 Å². The van der Waals surface area contributed by atoms with Crippen molar-refractivity contribution in [3.63, 3.8) is 0 Å². The van der Waals surface area contributed by atoms with Crippen molar-refractivity contribution in [2.24, 2.45) is 0 Å². The minimum atomic E-state index is -0.698. The zero-order valence-corrected chi connectivity index (χ0v) is 10.3. The molecule has 1 aliphatic carbocycles. The molecule has 1 aliphatic rings. The fourth-order valence-corrected chi connectivity index (χ4v) is 2.56. The number of benzene rings is 1. The van der Waals surface area contributed by atoms with Gasteiger partial charge in [-0.2, -0.15) is 0 Å². The van der Waals surface area contributed by atoms with Gasteiger partial charge in [0.2, 0.25) is 0 Å². The molecular formula is C14H18O3. The van der Waals surface area contributed by atoms with Gasteiger partial charge in [-0.05, 0) is 49.9 Å². The maximum absolute atomic E-state index is 11.4. The van der Waals surface area contributed by atoms with Crippen LogP contribution >= 0.6 is 0 Å². The summed E-state index contributed by atoms with van der Waals surface area (Å²) < 4.78 is 5.42. The second-order valence-corrected chi connectivity index (χ2v) is 4.65. The average Bonchev–Trinajstić information content (AvgIpc) is 2.19. The molecule has 1 N–H and O–H groups in total. The van der Waals surface area contributed by atoms with E-state index in [1.807, 2.05) is 32.0 Å². The maximum atomic E-state index is 11.4. The van der Waals surface area contributed by atoms with Crippen molar-refractivity contribution < 1.29 is 14.6 Å².